The lowest BCUT2D eigenvalue weighted by atomic mass is 10.2. The highest BCUT2D eigenvalue weighted by atomic mass is 16.6. The summed E-state index contributed by atoms with van der Waals surface area (Å²) in [6.07, 6.45) is 0. The second-order valence-corrected chi connectivity index (χ2v) is 3.14. The maximum atomic E-state index is 5.28. The molecule has 0 aliphatic carbocycles. The van der Waals surface area contributed by atoms with E-state index in [2.05, 4.69) is 9.82 Å². The maximum Gasteiger partial charge on any atom is 0.130 e. The Morgan fingerprint density at radius 2 is 2.13 bits per heavy atom. The van der Waals surface area contributed by atoms with Gasteiger partial charge in [-0.2, -0.15) is 0 Å². The summed E-state index contributed by atoms with van der Waals surface area (Å²) in [5.74, 6) is 5.80. The van der Waals surface area contributed by atoms with E-state index in [1.54, 1.807) is 7.11 Å². The van der Waals surface area contributed by atoms with E-state index in [4.69, 9.17) is 10.6 Å². The van der Waals surface area contributed by atoms with E-state index in [1.807, 2.05) is 30.3 Å². The van der Waals surface area contributed by atoms with Gasteiger partial charge in [0, 0.05) is 11.5 Å². The molecule has 0 unspecified atom stereocenters. The van der Waals surface area contributed by atoms with Crippen LogP contribution in [0.25, 0.3) is 10.9 Å². The Morgan fingerprint density at radius 1 is 1.33 bits per heavy atom. The van der Waals surface area contributed by atoms with E-state index in [1.165, 1.54) is 0 Å². The van der Waals surface area contributed by atoms with Crippen molar-refractivity contribution < 1.29 is 9.57 Å². The van der Waals surface area contributed by atoms with Crippen molar-refractivity contribution in [3.8, 4) is 5.75 Å². The van der Waals surface area contributed by atoms with Crippen LogP contribution in [0, 0.1) is 0 Å². The van der Waals surface area contributed by atoms with Gasteiger partial charge in [-0.3, -0.25) is 9.82 Å². The summed E-state index contributed by atoms with van der Waals surface area (Å²) in [5, 5.41) is 0.987. The van der Waals surface area contributed by atoms with Crippen LogP contribution in [0.5, 0.6) is 5.75 Å². The number of para-hydroxylation sites is 1. The van der Waals surface area contributed by atoms with Crippen molar-refractivity contribution in [3.63, 3.8) is 0 Å². The van der Waals surface area contributed by atoms with Crippen molar-refractivity contribution in [2.24, 2.45) is 5.90 Å². The zero-order valence-electron chi connectivity index (χ0n) is 8.43. The summed E-state index contributed by atoms with van der Waals surface area (Å²) in [7, 11) is 1.63. The van der Waals surface area contributed by atoms with Gasteiger partial charge in [-0.15, -0.1) is 0 Å². The summed E-state index contributed by atoms with van der Waals surface area (Å²) in [4.78, 5) is 8.95. The maximum absolute atomic E-state index is 5.28. The largest absolute Gasteiger partial charge is 0.496 e. The molecular weight excluding hydrogens is 192 g/mol. The molecule has 0 radical (unpaired) electrons. The molecule has 78 valence electrons. The molecule has 4 nitrogen and oxygen atoms in total. The standard InChI is InChI=1S/C11H12N2O2/c1-14-11-6-8(7-15-12)13-10-5-3-2-4-9(10)11/h2-6H,7,12H2,1H3. The molecule has 0 atom stereocenters. The van der Waals surface area contributed by atoms with Gasteiger partial charge >= 0.3 is 0 Å². The highest BCUT2D eigenvalue weighted by Gasteiger charge is 2.05. The van der Waals surface area contributed by atoms with Crippen molar-refractivity contribution in [2.75, 3.05) is 7.11 Å². The minimum Gasteiger partial charge on any atom is -0.496 e. The monoisotopic (exact) mass is 204 g/mol. The molecule has 0 saturated carbocycles. The number of methoxy groups -OCH3 is 1. The average molecular weight is 204 g/mol. The highest BCUT2D eigenvalue weighted by molar-refractivity contribution is 5.85. The van der Waals surface area contributed by atoms with Crippen LogP contribution in [0.4, 0.5) is 0 Å². The fraction of sp³-hybridized carbons (Fsp3) is 0.182. The molecule has 2 rings (SSSR count). The number of benzene rings is 1. The number of nitrogens with zero attached hydrogens (tertiary/aromatic N) is 1. The molecule has 0 spiro atoms. The van der Waals surface area contributed by atoms with E-state index in [-0.39, 0.29) is 6.61 Å². The molecule has 1 aromatic carbocycles. The summed E-state index contributed by atoms with van der Waals surface area (Å²) in [5.41, 5.74) is 1.64. The van der Waals surface area contributed by atoms with Crippen LogP contribution >= 0.6 is 0 Å². The zero-order valence-corrected chi connectivity index (χ0v) is 8.43. The van der Waals surface area contributed by atoms with Crippen molar-refractivity contribution in [3.05, 3.63) is 36.0 Å². The minimum atomic E-state index is 0.279. The summed E-state index contributed by atoms with van der Waals surface area (Å²) in [6.45, 7) is 0.279. The van der Waals surface area contributed by atoms with Gasteiger partial charge in [0.2, 0.25) is 0 Å². The van der Waals surface area contributed by atoms with Crippen LogP contribution in [0.3, 0.4) is 0 Å². The van der Waals surface area contributed by atoms with Crippen LogP contribution in [0.2, 0.25) is 0 Å². The third-order valence-electron chi connectivity index (χ3n) is 2.18. The first kappa shape index (κ1) is 9.89. The van der Waals surface area contributed by atoms with Crippen LogP contribution in [-0.2, 0) is 11.4 Å². The second-order valence-electron chi connectivity index (χ2n) is 3.14. The van der Waals surface area contributed by atoms with Crippen molar-refractivity contribution in [1.29, 1.82) is 0 Å². The van der Waals surface area contributed by atoms with E-state index in [0.717, 1.165) is 22.3 Å². The van der Waals surface area contributed by atoms with E-state index < -0.39 is 0 Å². The summed E-state index contributed by atoms with van der Waals surface area (Å²) in [6, 6.07) is 9.61. The van der Waals surface area contributed by atoms with Crippen LogP contribution in [0.1, 0.15) is 5.69 Å². The third-order valence-corrected chi connectivity index (χ3v) is 2.18. The molecule has 1 heterocycles. The normalized spacial score (nSPS) is 10.5. The van der Waals surface area contributed by atoms with Gasteiger partial charge in [0.15, 0.2) is 0 Å². The average Bonchev–Trinajstić information content (AvgIpc) is 2.28. The molecule has 15 heavy (non-hydrogen) atoms. The van der Waals surface area contributed by atoms with Crippen molar-refractivity contribution in [1.82, 2.24) is 4.98 Å². The fourth-order valence-corrected chi connectivity index (χ4v) is 1.52. The minimum absolute atomic E-state index is 0.279. The molecule has 0 amide bonds. The SMILES string of the molecule is COc1cc(CON)nc2ccccc12. The predicted molar refractivity (Wildman–Crippen MR) is 57.3 cm³/mol. The number of pyridine rings is 1. The van der Waals surface area contributed by atoms with Gasteiger partial charge in [-0.1, -0.05) is 12.1 Å². The molecule has 1 aromatic heterocycles. The first-order valence-electron chi connectivity index (χ1n) is 4.59. The van der Waals surface area contributed by atoms with Crippen LogP contribution in [-0.4, -0.2) is 12.1 Å². The molecule has 2 N–H and O–H groups in total. The predicted octanol–water partition coefficient (Wildman–Crippen LogP) is 1.63. The van der Waals surface area contributed by atoms with Gasteiger partial charge < -0.3 is 4.74 Å². The van der Waals surface area contributed by atoms with Crippen LogP contribution in [0.15, 0.2) is 30.3 Å². The van der Waals surface area contributed by atoms with Gasteiger partial charge in [0.1, 0.15) is 12.4 Å². The zero-order chi connectivity index (χ0) is 10.7. The lowest BCUT2D eigenvalue weighted by Gasteiger charge is -2.07. The van der Waals surface area contributed by atoms with E-state index >= 15 is 0 Å². The summed E-state index contributed by atoms with van der Waals surface area (Å²) >= 11 is 0. The number of ether oxygens (including phenoxy) is 1. The Kier molecular flexibility index (Phi) is 2.80. The first-order valence-corrected chi connectivity index (χ1v) is 4.59. The fourth-order valence-electron chi connectivity index (χ4n) is 1.52. The number of fused-ring (bicyclic) bond motifs is 1. The van der Waals surface area contributed by atoms with Gasteiger partial charge in [0.05, 0.1) is 18.3 Å². The Balaban J connectivity index is 2.60. The smallest absolute Gasteiger partial charge is 0.130 e. The first-order chi connectivity index (χ1) is 7.35. The van der Waals surface area contributed by atoms with Gasteiger partial charge in [-0.05, 0) is 12.1 Å². The highest BCUT2D eigenvalue weighted by Crippen LogP contribution is 2.24. The number of aromatic nitrogens is 1. The van der Waals surface area contributed by atoms with E-state index in [0.29, 0.717) is 0 Å². The molecule has 0 aliphatic heterocycles. The molecular formula is C11H12N2O2. The Labute approximate surface area is 87.6 Å². The van der Waals surface area contributed by atoms with E-state index in [9.17, 15) is 0 Å². The Morgan fingerprint density at radius 3 is 2.87 bits per heavy atom. The molecule has 0 fully saturated rings. The van der Waals surface area contributed by atoms with Gasteiger partial charge in [-0.25, -0.2) is 5.90 Å². The quantitative estimate of drug-likeness (QED) is 0.772. The lowest BCUT2D eigenvalue weighted by Crippen LogP contribution is -2.01. The number of rotatable bonds is 3. The third kappa shape index (κ3) is 1.91. The molecule has 2 aromatic rings. The number of hydrogen-bond donors (Lipinski definition) is 1. The molecule has 0 bridgehead atoms. The molecule has 0 aliphatic rings. The number of hydrogen-bond acceptors (Lipinski definition) is 4. The topological polar surface area (TPSA) is 57.4 Å². The Bertz CT molecular complexity index is 471. The lowest BCUT2D eigenvalue weighted by molar-refractivity contribution is 0.121. The van der Waals surface area contributed by atoms with Crippen molar-refractivity contribution in [2.45, 2.75) is 6.61 Å². The van der Waals surface area contributed by atoms with Gasteiger partial charge in [0.25, 0.3) is 0 Å². The Hall–Kier alpha value is -1.65. The van der Waals surface area contributed by atoms with Crippen LogP contribution < -0.4 is 10.6 Å². The molecule has 4 heteroatoms. The molecule has 0 saturated heterocycles. The summed E-state index contributed by atoms with van der Waals surface area (Å²) < 4.78 is 5.28. The second kappa shape index (κ2) is 4.25. The van der Waals surface area contributed by atoms with Crippen molar-refractivity contribution >= 4 is 10.9 Å². The number of nitrogens with two attached hydrogens (primary N) is 1.